The Balaban J connectivity index is 1.62. The Morgan fingerprint density at radius 3 is 2.91 bits per heavy atom. The molecule has 3 heterocycles. The summed E-state index contributed by atoms with van der Waals surface area (Å²) in [5.74, 6) is 1.71. The molecule has 1 saturated heterocycles. The zero-order chi connectivity index (χ0) is 16.1. The molecule has 1 unspecified atom stereocenters. The fourth-order valence-electron chi connectivity index (χ4n) is 3.45. The van der Waals surface area contributed by atoms with Crippen LogP contribution in [0.15, 0.2) is 30.7 Å². The third kappa shape index (κ3) is 4.18. The molecule has 5 nitrogen and oxygen atoms in total. The van der Waals surface area contributed by atoms with Crippen LogP contribution >= 0.6 is 0 Å². The number of hydrogen-bond acceptors (Lipinski definition) is 4. The van der Waals surface area contributed by atoms with Gasteiger partial charge in [0.1, 0.15) is 12.4 Å². The van der Waals surface area contributed by atoms with Crippen LogP contribution in [0.4, 0.5) is 0 Å². The lowest BCUT2D eigenvalue weighted by Crippen LogP contribution is -2.36. The molecular formula is C18H26N4O. The first-order valence-corrected chi connectivity index (χ1v) is 8.37. The molecule has 1 atom stereocenters. The second kappa shape index (κ2) is 7.70. The Morgan fingerprint density at radius 1 is 1.30 bits per heavy atom. The highest BCUT2D eigenvalue weighted by Gasteiger charge is 2.21. The summed E-state index contributed by atoms with van der Waals surface area (Å²) < 4.78 is 7.60. The molecule has 2 aromatic heterocycles. The first kappa shape index (κ1) is 16.1. The average Bonchev–Trinajstić information content (AvgIpc) is 2.90. The second-order valence-corrected chi connectivity index (χ2v) is 6.46. The van der Waals surface area contributed by atoms with Crippen molar-refractivity contribution in [2.24, 2.45) is 5.92 Å². The van der Waals surface area contributed by atoms with Crippen molar-refractivity contribution in [2.75, 3.05) is 20.2 Å². The Morgan fingerprint density at radius 2 is 2.13 bits per heavy atom. The predicted molar refractivity (Wildman–Crippen MR) is 89.9 cm³/mol. The molecular weight excluding hydrogens is 288 g/mol. The van der Waals surface area contributed by atoms with Crippen molar-refractivity contribution in [2.45, 2.75) is 39.5 Å². The average molecular weight is 314 g/mol. The molecule has 0 amide bonds. The molecule has 124 valence electrons. The van der Waals surface area contributed by atoms with Gasteiger partial charge >= 0.3 is 0 Å². The molecule has 3 rings (SSSR count). The number of pyridine rings is 1. The van der Waals surface area contributed by atoms with Crippen molar-refractivity contribution in [3.05, 3.63) is 47.8 Å². The Labute approximate surface area is 138 Å². The maximum Gasteiger partial charge on any atom is 0.134 e. The molecule has 23 heavy (non-hydrogen) atoms. The minimum atomic E-state index is 0.585. The quantitative estimate of drug-likeness (QED) is 0.822. The zero-order valence-corrected chi connectivity index (χ0v) is 14.1. The molecule has 1 fully saturated rings. The van der Waals surface area contributed by atoms with Crippen LogP contribution < -0.4 is 0 Å². The fourth-order valence-corrected chi connectivity index (χ4v) is 3.45. The van der Waals surface area contributed by atoms with Gasteiger partial charge in [-0.25, -0.2) is 4.98 Å². The molecule has 0 radical (unpaired) electrons. The number of aromatic nitrogens is 3. The summed E-state index contributed by atoms with van der Waals surface area (Å²) in [5, 5.41) is 0. The van der Waals surface area contributed by atoms with Gasteiger partial charge in [0.25, 0.3) is 0 Å². The van der Waals surface area contributed by atoms with E-state index < -0.39 is 0 Å². The summed E-state index contributed by atoms with van der Waals surface area (Å²) in [6.45, 7) is 7.11. The smallest absolute Gasteiger partial charge is 0.134 e. The standard InChI is InChI=1S/C18H26N4O/c1-15-10-20-18(14-23-2)22(15)13-17-4-3-9-21(12-17)11-16-5-7-19-8-6-16/h5-8,10,17H,3-4,9,11-14H2,1-2H3. The van der Waals surface area contributed by atoms with Gasteiger partial charge in [0.2, 0.25) is 0 Å². The molecule has 0 aromatic carbocycles. The van der Waals surface area contributed by atoms with Gasteiger partial charge in [-0.2, -0.15) is 0 Å². The summed E-state index contributed by atoms with van der Waals surface area (Å²) in [6, 6.07) is 4.22. The number of aryl methyl sites for hydroxylation is 1. The lowest BCUT2D eigenvalue weighted by molar-refractivity contribution is 0.147. The van der Waals surface area contributed by atoms with Crippen LogP contribution in [0.5, 0.6) is 0 Å². The first-order valence-electron chi connectivity index (χ1n) is 8.37. The van der Waals surface area contributed by atoms with Crippen LogP contribution in [-0.2, 0) is 24.4 Å². The summed E-state index contributed by atoms with van der Waals surface area (Å²) in [4.78, 5) is 11.1. The molecule has 1 aliphatic heterocycles. The monoisotopic (exact) mass is 314 g/mol. The van der Waals surface area contributed by atoms with Crippen LogP contribution in [0.25, 0.3) is 0 Å². The van der Waals surface area contributed by atoms with Crippen LogP contribution in [0.2, 0.25) is 0 Å². The van der Waals surface area contributed by atoms with Crippen molar-refractivity contribution < 1.29 is 4.74 Å². The van der Waals surface area contributed by atoms with Crippen molar-refractivity contribution in [3.8, 4) is 0 Å². The second-order valence-electron chi connectivity index (χ2n) is 6.46. The van der Waals surface area contributed by atoms with Crippen LogP contribution in [0, 0.1) is 12.8 Å². The predicted octanol–water partition coefficient (Wildman–Crippen LogP) is 2.65. The molecule has 2 aromatic rings. The van der Waals surface area contributed by atoms with E-state index in [2.05, 4.69) is 38.5 Å². The zero-order valence-electron chi connectivity index (χ0n) is 14.1. The minimum Gasteiger partial charge on any atom is -0.377 e. The van der Waals surface area contributed by atoms with Gasteiger partial charge < -0.3 is 9.30 Å². The Bertz CT molecular complexity index is 611. The van der Waals surface area contributed by atoms with E-state index in [1.807, 2.05) is 18.6 Å². The highest BCUT2D eigenvalue weighted by Crippen LogP contribution is 2.21. The van der Waals surface area contributed by atoms with E-state index in [-0.39, 0.29) is 0 Å². The molecule has 5 heteroatoms. The number of ether oxygens (including phenoxy) is 1. The summed E-state index contributed by atoms with van der Waals surface area (Å²) in [6.07, 6.45) is 8.26. The molecule has 0 spiro atoms. The SMILES string of the molecule is COCc1ncc(C)n1CC1CCCN(Cc2ccncc2)C1. The number of rotatable bonds is 6. The third-order valence-electron chi connectivity index (χ3n) is 4.61. The maximum atomic E-state index is 5.27. The Kier molecular flexibility index (Phi) is 5.41. The van der Waals surface area contributed by atoms with Gasteiger partial charge in [0.15, 0.2) is 0 Å². The molecule has 0 aliphatic carbocycles. The minimum absolute atomic E-state index is 0.585. The number of likely N-dealkylation sites (tertiary alicyclic amines) is 1. The van der Waals surface area contributed by atoms with Gasteiger partial charge in [-0.05, 0) is 49.9 Å². The van der Waals surface area contributed by atoms with Crippen molar-refractivity contribution in [3.63, 3.8) is 0 Å². The number of nitrogens with zero attached hydrogens (tertiary/aromatic N) is 4. The third-order valence-corrected chi connectivity index (χ3v) is 4.61. The Hall–Kier alpha value is -1.72. The van der Waals surface area contributed by atoms with E-state index in [0.717, 1.165) is 25.5 Å². The normalized spacial score (nSPS) is 19.1. The largest absolute Gasteiger partial charge is 0.377 e. The number of imidazole rings is 1. The van der Waals surface area contributed by atoms with E-state index in [1.165, 1.54) is 30.6 Å². The van der Waals surface area contributed by atoms with Crippen LogP contribution in [-0.4, -0.2) is 39.6 Å². The summed E-state index contributed by atoms with van der Waals surface area (Å²) >= 11 is 0. The lowest BCUT2D eigenvalue weighted by atomic mass is 9.97. The van der Waals surface area contributed by atoms with E-state index in [1.54, 1.807) is 7.11 Å². The number of methoxy groups -OCH3 is 1. The number of hydrogen-bond donors (Lipinski definition) is 0. The molecule has 0 N–H and O–H groups in total. The lowest BCUT2D eigenvalue weighted by Gasteiger charge is -2.33. The van der Waals surface area contributed by atoms with Gasteiger partial charge in [-0.15, -0.1) is 0 Å². The molecule has 0 saturated carbocycles. The molecule has 0 bridgehead atoms. The number of piperidine rings is 1. The highest BCUT2D eigenvalue weighted by molar-refractivity contribution is 5.09. The summed E-state index contributed by atoms with van der Waals surface area (Å²) in [5.41, 5.74) is 2.57. The van der Waals surface area contributed by atoms with E-state index in [9.17, 15) is 0 Å². The van der Waals surface area contributed by atoms with Crippen LogP contribution in [0.3, 0.4) is 0 Å². The van der Waals surface area contributed by atoms with Gasteiger partial charge in [-0.1, -0.05) is 0 Å². The van der Waals surface area contributed by atoms with E-state index in [0.29, 0.717) is 12.5 Å². The van der Waals surface area contributed by atoms with E-state index in [4.69, 9.17) is 4.74 Å². The van der Waals surface area contributed by atoms with Crippen molar-refractivity contribution in [1.82, 2.24) is 19.4 Å². The highest BCUT2D eigenvalue weighted by atomic mass is 16.5. The van der Waals surface area contributed by atoms with Gasteiger partial charge in [-0.3, -0.25) is 9.88 Å². The summed E-state index contributed by atoms with van der Waals surface area (Å²) in [7, 11) is 1.73. The first-order chi connectivity index (χ1) is 11.3. The maximum absolute atomic E-state index is 5.27. The fraction of sp³-hybridized carbons (Fsp3) is 0.556. The molecule has 1 aliphatic rings. The van der Waals surface area contributed by atoms with E-state index >= 15 is 0 Å². The van der Waals surface area contributed by atoms with Gasteiger partial charge in [0.05, 0.1) is 0 Å². The van der Waals surface area contributed by atoms with Crippen LogP contribution in [0.1, 0.15) is 29.9 Å². The topological polar surface area (TPSA) is 43.2 Å². The van der Waals surface area contributed by atoms with Crippen molar-refractivity contribution >= 4 is 0 Å². The van der Waals surface area contributed by atoms with Crippen molar-refractivity contribution in [1.29, 1.82) is 0 Å². The van der Waals surface area contributed by atoms with Gasteiger partial charge in [0, 0.05) is 51.0 Å².